The van der Waals surface area contributed by atoms with Gasteiger partial charge in [0.05, 0.1) is 10.4 Å². The summed E-state index contributed by atoms with van der Waals surface area (Å²) in [6, 6.07) is 1.95. The van der Waals surface area contributed by atoms with Crippen LogP contribution in [0.25, 0.3) is 0 Å². The van der Waals surface area contributed by atoms with Gasteiger partial charge >= 0.3 is 6.18 Å². The molecule has 0 bridgehead atoms. The maximum atomic E-state index is 12.7. The van der Waals surface area contributed by atoms with Crippen molar-refractivity contribution in [1.82, 2.24) is 0 Å². The normalized spacial score (nSPS) is 13.8. The lowest BCUT2D eigenvalue weighted by Gasteiger charge is -2.15. The molecule has 0 aliphatic rings. The van der Waals surface area contributed by atoms with Crippen LogP contribution in [0.5, 0.6) is 0 Å². The third-order valence-corrected chi connectivity index (χ3v) is 3.42. The van der Waals surface area contributed by atoms with Crippen LogP contribution in [0, 0.1) is 0 Å². The first-order valence-corrected chi connectivity index (χ1v) is 5.70. The molecule has 7 heteroatoms. The maximum Gasteiger partial charge on any atom is 0.416 e. The van der Waals surface area contributed by atoms with Gasteiger partial charge in [0.2, 0.25) is 0 Å². The van der Waals surface area contributed by atoms with Crippen molar-refractivity contribution in [2.24, 2.45) is 0 Å². The topological polar surface area (TPSA) is 17.1 Å². The monoisotopic (exact) mass is 330 g/mol. The molecule has 1 unspecified atom stereocenters. The number of ketones is 1. The lowest BCUT2D eigenvalue weighted by molar-refractivity contribution is -0.137. The number of benzene rings is 1. The minimum Gasteiger partial charge on any atom is -0.298 e. The van der Waals surface area contributed by atoms with Crippen LogP contribution in [0.15, 0.2) is 18.2 Å². The SMILES string of the molecule is CC(=O)C(Br)c1ccc(C(F)(F)F)cc1C(F)F. The van der Waals surface area contributed by atoms with Crippen molar-refractivity contribution >= 4 is 21.7 Å². The Kier molecular flexibility index (Phi) is 4.47. The van der Waals surface area contributed by atoms with Gasteiger partial charge in [0.25, 0.3) is 6.43 Å². The van der Waals surface area contributed by atoms with Crippen molar-refractivity contribution in [3.63, 3.8) is 0 Å². The number of Topliss-reactive ketones (excluding diaryl/α,β-unsaturated/α-hetero) is 1. The van der Waals surface area contributed by atoms with Crippen LogP contribution < -0.4 is 0 Å². The molecule has 0 N–H and O–H groups in total. The van der Waals surface area contributed by atoms with Crippen LogP contribution in [0.2, 0.25) is 0 Å². The molecule has 1 rings (SSSR count). The van der Waals surface area contributed by atoms with Crippen molar-refractivity contribution in [3.05, 3.63) is 34.9 Å². The van der Waals surface area contributed by atoms with Gasteiger partial charge in [0, 0.05) is 5.56 Å². The molecule has 0 spiro atoms. The van der Waals surface area contributed by atoms with E-state index in [0.717, 1.165) is 13.0 Å². The van der Waals surface area contributed by atoms with Gasteiger partial charge in [0.1, 0.15) is 5.78 Å². The number of alkyl halides is 6. The Labute approximate surface area is 108 Å². The minimum atomic E-state index is -4.69. The fourth-order valence-corrected chi connectivity index (χ4v) is 1.81. The van der Waals surface area contributed by atoms with Crippen LogP contribution in [0.1, 0.15) is 34.9 Å². The van der Waals surface area contributed by atoms with E-state index in [-0.39, 0.29) is 5.56 Å². The molecular weight excluding hydrogens is 323 g/mol. The van der Waals surface area contributed by atoms with Crippen LogP contribution in [-0.2, 0) is 11.0 Å². The summed E-state index contributed by atoms with van der Waals surface area (Å²) in [5, 5.41) is 0. The third kappa shape index (κ3) is 3.28. The molecule has 0 radical (unpaired) electrons. The van der Waals surface area contributed by atoms with Gasteiger partial charge < -0.3 is 0 Å². The zero-order valence-electron chi connectivity index (χ0n) is 9.06. The lowest BCUT2D eigenvalue weighted by Crippen LogP contribution is -2.10. The molecule has 100 valence electrons. The molecule has 0 saturated heterocycles. The van der Waals surface area contributed by atoms with Gasteiger partial charge in [-0.15, -0.1) is 0 Å². The molecule has 18 heavy (non-hydrogen) atoms. The lowest BCUT2D eigenvalue weighted by atomic mass is 10.00. The van der Waals surface area contributed by atoms with Crippen LogP contribution >= 0.6 is 15.9 Å². The number of halogens is 6. The van der Waals surface area contributed by atoms with Gasteiger partial charge in [-0.25, -0.2) is 8.78 Å². The van der Waals surface area contributed by atoms with E-state index < -0.39 is 34.3 Å². The number of carbonyl (C=O) groups excluding carboxylic acids is 1. The number of rotatable bonds is 3. The second-order valence-corrected chi connectivity index (χ2v) is 4.53. The zero-order valence-corrected chi connectivity index (χ0v) is 10.6. The molecule has 0 aliphatic carbocycles. The Morgan fingerprint density at radius 1 is 1.22 bits per heavy atom. The smallest absolute Gasteiger partial charge is 0.298 e. The number of carbonyl (C=O) groups is 1. The summed E-state index contributed by atoms with van der Waals surface area (Å²) >= 11 is 2.88. The van der Waals surface area contributed by atoms with Crippen LogP contribution in [0.3, 0.4) is 0 Å². The van der Waals surface area contributed by atoms with Crippen molar-refractivity contribution < 1.29 is 26.7 Å². The second-order valence-electron chi connectivity index (χ2n) is 3.62. The Balaban J connectivity index is 3.34. The van der Waals surface area contributed by atoms with E-state index in [1.165, 1.54) is 0 Å². The van der Waals surface area contributed by atoms with Crippen molar-refractivity contribution in [3.8, 4) is 0 Å². The summed E-state index contributed by atoms with van der Waals surface area (Å²) in [5.41, 5.74) is -2.10. The summed E-state index contributed by atoms with van der Waals surface area (Å²) in [4.78, 5) is 10.0. The van der Waals surface area contributed by atoms with E-state index in [1.54, 1.807) is 0 Å². The van der Waals surface area contributed by atoms with Gasteiger partial charge in [-0.3, -0.25) is 4.79 Å². The van der Waals surface area contributed by atoms with E-state index in [0.29, 0.717) is 12.1 Å². The third-order valence-electron chi connectivity index (χ3n) is 2.28. The predicted octanol–water partition coefficient (Wildman–Crippen LogP) is 4.67. The summed E-state index contributed by atoms with van der Waals surface area (Å²) in [5.74, 6) is -0.461. The molecular formula is C11H8BrF5O. The second kappa shape index (κ2) is 5.34. The molecule has 0 saturated carbocycles. The molecule has 0 aliphatic heterocycles. The Morgan fingerprint density at radius 2 is 1.78 bits per heavy atom. The van der Waals surface area contributed by atoms with E-state index >= 15 is 0 Å². The van der Waals surface area contributed by atoms with E-state index in [9.17, 15) is 26.7 Å². The molecule has 0 fully saturated rings. The number of hydrogen-bond acceptors (Lipinski definition) is 1. The van der Waals surface area contributed by atoms with Crippen molar-refractivity contribution in [1.29, 1.82) is 0 Å². The van der Waals surface area contributed by atoms with Gasteiger partial charge in [-0.2, -0.15) is 13.2 Å². The van der Waals surface area contributed by atoms with Crippen molar-refractivity contribution in [2.75, 3.05) is 0 Å². The molecule has 0 amide bonds. The molecule has 1 atom stereocenters. The minimum absolute atomic E-state index is 0.148. The fourth-order valence-electron chi connectivity index (χ4n) is 1.39. The van der Waals surface area contributed by atoms with Gasteiger partial charge in [0.15, 0.2) is 0 Å². The molecule has 1 aromatic rings. The Bertz CT molecular complexity index is 455. The first kappa shape index (κ1) is 15.1. The van der Waals surface area contributed by atoms with Gasteiger partial charge in [-0.05, 0) is 24.6 Å². The van der Waals surface area contributed by atoms with E-state index in [2.05, 4.69) is 15.9 Å². The highest BCUT2D eigenvalue weighted by molar-refractivity contribution is 9.09. The first-order valence-electron chi connectivity index (χ1n) is 4.78. The van der Waals surface area contributed by atoms with Gasteiger partial charge in [-0.1, -0.05) is 22.0 Å². The highest BCUT2D eigenvalue weighted by Gasteiger charge is 2.33. The quantitative estimate of drug-likeness (QED) is 0.581. The Morgan fingerprint density at radius 3 is 2.17 bits per heavy atom. The Hall–Kier alpha value is -0.980. The first-order chi connectivity index (χ1) is 8.14. The standard InChI is InChI=1S/C11H8BrF5O/c1-5(18)9(12)7-3-2-6(11(15,16)17)4-8(7)10(13)14/h2-4,9-10H,1H3. The predicted molar refractivity (Wildman–Crippen MR) is 58.8 cm³/mol. The fraction of sp³-hybridized carbons (Fsp3) is 0.364. The van der Waals surface area contributed by atoms with Crippen LogP contribution in [0.4, 0.5) is 22.0 Å². The largest absolute Gasteiger partial charge is 0.416 e. The summed E-state index contributed by atoms with van der Waals surface area (Å²) in [6.45, 7) is 1.16. The number of hydrogen-bond donors (Lipinski definition) is 0. The van der Waals surface area contributed by atoms with E-state index in [4.69, 9.17) is 0 Å². The summed E-state index contributed by atoms with van der Waals surface area (Å²) in [7, 11) is 0. The molecule has 1 aromatic carbocycles. The zero-order chi connectivity index (χ0) is 14.1. The van der Waals surface area contributed by atoms with E-state index in [1.807, 2.05) is 0 Å². The summed E-state index contributed by atoms with van der Waals surface area (Å²) in [6.07, 6.45) is -7.78. The van der Waals surface area contributed by atoms with Crippen LogP contribution in [-0.4, -0.2) is 5.78 Å². The average Bonchev–Trinajstić information content (AvgIpc) is 2.25. The van der Waals surface area contributed by atoms with Crippen molar-refractivity contribution in [2.45, 2.75) is 24.4 Å². The maximum absolute atomic E-state index is 12.7. The average molecular weight is 331 g/mol. The molecule has 0 aromatic heterocycles. The highest BCUT2D eigenvalue weighted by atomic mass is 79.9. The highest BCUT2D eigenvalue weighted by Crippen LogP contribution is 2.37. The molecule has 1 nitrogen and oxygen atoms in total. The summed E-state index contributed by atoms with van der Waals surface area (Å²) < 4.78 is 62.6. The molecule has 0 heterocycles.